The van der Waals surface area contributed by atoms with Crippen LogP contribution in [0.1, 0.15) is 16.2 Å². The zero-order valence-electron chi connectivity index (χ0n) is 8.32. The summed E-state index contributed by atoms with van der Waals surface area (Å²) in [7, 11) is 1.33. The number of aryl methyl sites for hydroxylation is 1. The maximum atomic E-state index is 11.4. The summed E-state index contributed by atoms with van der Waals surface area (Å²) in [5, 5.41) is 4.73. The van der Waals surface area contributed by atoms with E-state index in [0.717, 1.165) is 5.69 Å². The lowest BCUT2D eigenvalue weighted by atomic mass is 10.3. The smallest absolute Gasteiger partial charge is 0.356 e. The highest BCUT2D eigenvalue weighted by atomic mass is 35.5. The number of fused-ring (bicyclic) bond motifs is 1. The number of carbonyl (C=O) groups is 1. The van der Waals surface area contributed by atoms with Gasteiger partial charge in [-0.15, -0.1) is 0 Å². The topological polar surface area (TPSA) is 43.6 Å². The number of methoxy groups -OCH3 is 1. The highest BCUT2D eigenvalue weighted by molar-refractivity contribution is 6.33. The number of hydrogen-bond donors (Lipinski definition) is 0. The second-order valence-electron chi connectivity index (χ2n) is 3.14. The number of aromatic nitrogens is 2. The Morgan fingerprint density at radius 2 is 2.27 bits per heavy atom. The lowest BCUT2D eigenvalue weighted by Gasteiger charge is -2.03. The third-order valence-corrected chi connectivity index (χ3v) is 2.41. The SMILES string of the molecule is COC(=O)c1ccc(Cl)c2cc(C)nn12. The summed E-state index contributed by atoms with van der Waals surface area (Å²) < 4.78 is 6.14. The van der Waals surface area contributed by atoms with E-state index in [1.54, 1.807) is 12.1 Å². The Balaban J connectivity index is 2.76. The van der Waals surface area contributed by atoms with Crippen molar-refractivity contribution in [1.82, 2.24) is 9.61 Å². The van der Waals surface area contributed by atoms with Crippen LogP contribution in [0.4, 0.5) is 0 Å². The zero-order valence-corrected chi connectivity index (χ0v) is 9.08. The van der Waals surface area contributed by atoms with E-state index in [9.17, 15) is 4.79 Å². The van der Waals surface area contributed by atoms with Crippen molar-refractivity contribution >= 4 is 23.1 Å². The molecule has 0 atom stereocenters. The number of hydrogen-bond acceptors (Lipinski definition) is 3. The van der Waals surface area contributed by atoms with Crippen LogP contribution >= 0.6 is 11.6 Å². The van der Waals surface area contributed by atoms with E-state index >= 15 is 0 Å². The molecule has 0 aliphatic heterocycles. The molecule has 0 bridgehead atoms. The van der Waals surface area contributed by atoms with Gasteiger partial charge in [0.15, 0.2) is 5.69 Å². The Bertz CT molecular complexity index is 533. The fraction of sp³-hybridized carbons (Fsp3) is 0.200. The van der Waals surface area contributed by atoms with Crippen molar-refractivity contribution in [3.8, 4) is 0 Å². The number of ether oxygens (including phenoxy) is 1. The van der Waals surface area contributed by atoms with Gasteiger partial charge in [0.25, 0.3) is 0 Å². The highest BCUT2D eigenvalue weighted by Gasteiger charge is 2.13. The molecule has 2 heterocycles. The average molecular weight is 225 g/mol. The van der Waals surface area contributed by atoms with Gasteiger partial charge in [0.05, 0.1) is 23.3 Å². The lowest BCUT2D eigenvalue weighted by Crippen LogP contribution is -2.08. The Labute approximate surface area is 91.4 Å². The van der Waals surface area contributed by atoms with Crippen LogP contribution in [0.5, 0.6) is 0 Å². The van der Waals surface area contributed by atoms with Crippen LogP contribution in [-0.4, -0.2) is 22.7 Å². The van der Waals surface area contributed by atoms with E-state index < -0.39 is 5.97 Å². The van der Waals surface area contributed by atoms with Gasteiger partial charge in [-0.1, -0.05) is 11.6 Å². The molecule has 78 valence electrons. The Hall–Kier alpha value is -1.55. The molecule has 0 N–H and O–H groups in total. The van der Waals surface area contributed by atoms with Gasteiger partial charge in [-0.2, -0.15) is 5.10 Å². The molecule has 0 saturated heterocycles. The molecule has 0 aliphatic rings. The normalized spacial score (nSPS) is 10.6. The maximum Gasteiger partial charge on any atom is 0.356 e. The predicted molar refractivity (Wildman–Crippen MR) is 56.3 cm³/mol. The molecule has 0 aromatic carbocycles. The lowest BCUT2D eigenvalue weighted by molar-refractivity contribution is 0.0591. The van der Waals surface area contributed by atoms with E-state index in [4.69, 9.17) is 11.6 Å². The Morgan fingerprint density at radius 3 is 2.93 bits per heavy atom. The first-order chi connectivity index (χ1) is 7.13. The van der Waals surface area contributed by atoms with E-state index in [1.807, 2.05) is 13.0 Å². The monoisotopic (exact) mass is 224 g/mol. The van der Waals surface area contributed by atoms with Crippen molar-refractivity contribution in [2.24, 2.45) is 0 Å². The molecule has 5 heteroatoms. The van der Waals surface area contributed by atoms with Crippen molar-refractivity contribution in [3.05, 3.63) is 34.6 Å². The van der Waals surface area contributed by atoms with Crippen LogP contribution in [0.25, 0.3) is 5.52 Å². The van der Waals surface area contributed by atoms with E-state index in [1.165, 1.54) is 11.6 Å². The van der Waals surface area contributed by atoms with Crippen LogP contribution < -0.4 is 0 Å². The molecular weight excluding hydrogens is 216 g/mol. The third kappa shape index (κ3) is 1.57. The van der Waals surface area contributed by atoms with Gasteiger partial charge in [0, 0.05) is 0 Å². The van der Waals surface area contributed by atoms with E-state index in [2.05, 4.69) is 9.84 Å². The third-order valence-electron chi connectivity index (χ3n) is 2.09. The van der Waals surface area contributed by atoms with Crippen molar-refractivity contribution in [2.45, 2.75) is 6.92 Å². The second-order valence-corrected chi connectivity index (χ2v) is 3.55. The van der Waals surface area contributed by atoms with Crippen LogP contribution in [0.2, 0.25) is 5.02 Å². The standard InChI is InChI=1S/C10H9ClN2O2/c1-6-5-9-7(11)3-4-8(10(14)15-2)13(9)12-6/h3-5H,1-2H3. The summed E-state index contributed by atoms with van der Waals surface area (Å²) in [6.07, 6.45) is 0. The predicted octanol–water partition coefficient (Wildman–Crippen LogP) is 2.08. The molecule has 2 aromatic heterocycles. The van der Waals surface area contributed by atoms with Gasteiger partial charge in [-0.25, -0.2) is 9.31 Å². The van der Waals surface area contributed by atoms with Gasteiger partial charge >= 0.3 is 5.97 Å². The molecule has 4 nitrogen and oxygen atoms in total. The number of pyridine rings is 1. The quantitative estimate of drug-likeness (QED) is 0.697. The Morgan fingerprint density at radius 1 is 1.53 bits per heavy atom. The number of nitrogens with zero attached hydrogens (tertiary/aromatic N) is 2. The molecule has 0 saturated carbocycles. The highest BCUT2D eigenvalue weighted by Crippen LogP contribution is 2.20. The molecule has 0 spiro atoms. The van der Waals surface area contributed by atoms with E-state index in [0.29, 0.717) is 16.2 Å². The molecule has 2 aromatic rings. The summed E-state index contributed by atoms with van der Waals surface area (Å²) in [6.45, 7) is 1.84. The summed E-state index contributed by atoms with van der Waals surface area (Å²) in [5.74, 6) is -0.431. The first-order valence-corrected chi connectivity index (χ1v) is 4.74. The average Bonchev–Trinajstić information content (AvgIpc) is 2.60. The van der Waals surface area contributed by atoms with Crippen molar-refractivity contribution in [1.29, 1.82) is 0 Å². The summed E-state index contributed by atoms with van der Waals surface area (Å²) in [4.78, 5) is 11.4. The fourth-order valence-electron chi connectivity index (χ4n) is 1.42. The maximum absolute atomic E-state index is 11.4. The molecule has 0 fully saturated rings. The number of esters is 1. The van der Waals surface area contributed by atoms with Crippen molar-refractivity contribution < 1.29 is 9.53 Å². The van der Waals surface area contributed by atoms with Crippen LogP contribution in [0, 0.1) is 6.92 Å². The minimum atomic E-state index is -0.431. The van der Waals surface area contributed by atoms with Crippen LogP contribution in [-0.2, 0) is 4.74 Å². The molecule has 0 unspecified atom stereocenters. The van der Waals surface area contributed by atoms with Gasteiger partial charge in [-0.05, 0) is 25.1 Å². The zero-order chi connectivity index (χ0) is 11.0. The first-order valence-electron chi connectivity index (χ1n) is 4.36. The summed E-state index contributed by atoms with van der Waals surface area (Å²) >= 11 is 5.98. The van der Waals surface area contributed by atoms with E-state index in [-0.39, 0.29) is 0 Å². The van der Waals surface area contributed by atoms with Gasteiger partial charge in [-0.3, -0.25) is 0 Å². The minimum Gasteiger partial charge on any atom is -0.464 e. The number of carbonyl (C=O) groups excluding carboxylic acids is 1. The molecule has 2 rings (SSSR count). The van der Waals surface area contributed by atoms with Crippen LogP contribution in [0.15, 0.2) is 18.2 Å². The molecular formula is C10H9ClN2O2. The Kier molecular flexibility index (Phi) is 2.36. The van der Waals surface area contributed by atoms with Crippen molar-refractivity contribution in [3.63, 3.8) is 0 Å². The van der Waals surface area contributed by atoms with Gasteiger partial charge in [0.1, 0.15) is 0 Å². The fourth-order valence-corrected chi connectivity index (χ4v) is 1.62. The summed E-state index contributed by atoms with van der Waals surface area (Å²) in [6, 6.07) is 5.06. The second kappa shape index (κ2) is 3.55. The molecule has 15 heavy (non-hydrogen) atoms. The first kappa shape index (κ1) is 9.98. The molecule has 0 aliphatic carbocycles. The summed E-state index contributed by atoms with van der Waals surface area (Å²) in [5.41, 5.74) is 1.87. The van der Waals surface area contributed by atoms with Gasteiger partial charge in [0.2, 0.25) is 0 Å². The molecule has 0 amide bonds. The number of halogens is 1. The minimum absolute atomic E-state index is 0.366. The molecule has 0 radical (unpaired) electrons. The van der Waals surface area contributed by atoms with Gasteiger partial charge < -0.3 is 4.74 Å². The number of rotatable bonds is 1. The largest absolute Gasteiger partial charge is 0.464 e. The van der Waals surface area contributed by atoms with Crippen LogP contribution in [0.3, 0.4) is 0 Å². The van der Waals surface area contributed by atoms with Crippen molar-refractivity contribution in [2.75, 3.05) is 7.11 Å².